The van der Waals surface area contributed by atoms with Gasteiger partial charge in [-0.1, -0.05) is 6.92 Å². The monoisotopic (exact) mass is 530 g/mol. The number of carbonyl (C=O) groups excluding carboxylic acids is 1. The molecule has 0 amide bonds. The number of thiocarbonyl (C=S) groups is 1. The molecule has 0 aliphatic rings. The van der Waals surface area contributed by atoms with E-state index in [2.05, 4.69) is 20.1 Å². The highest BCUT2D eigenvalue weighted by atomic mass is 32.1. The molecule has 0 aliphatic heterocycles. The van der Waals surface area contributed by atoms with Crippen molar-refractivity contribution in [2.24, 2.45) is 0 Å². The third-order valence-corrected chi connectivity index (χ3v) is 5.39. The maximum absolute atomic E-state index is 12.5. The van der Waals surface area contributed by atoms with Crippen LogP contribution in [0.2, 0.25) is 0 Å². The average molecular weight is 531 g/mol. The Kier molecular flexibility index (Phi) is 9.00. The zero-order valence-electron chi connectivity index (χ0n) is 18.1. The van der Waals surface area contributed by atoms with Crippen LogP contribution in [0.15, 0.2) is 18.2 Å². The predicted molar refractivity (Wildman–Crippen MR) is 119 cm³/mol. The molecular formula is C20H20F6N2O4S2. The minimum Gasteiger partial charge on any atom is -0.484 e. The van der Waals surface area contributed by atoms with Gasteiger partial charge in [-0.25, -0.2) is 4.79 Å². The van der Waals surface area contributed by atoms with Gasteiger partial charge in [0.15, 0.2) is 18.3 Å². The minimum atomic E-state index is -4.66. The van der Waals surface area contributed by atoms with Gasteiger partial charge < -0.3 is 24.8 Å². The van der Waals surface area contributed by atoms with Gasteiger partial charge in [-0.3, -0.25) is 0 Å². The number of hydrogen-bond donors (Lipinski definition) is 2. The number of esters is 1. The number of aryl methyl sites for hydroxylation is 1. The molecule has 0 aliphatic carbocycles. The largest absolute Gasteiger partial charge is 0.484 e. The molecule has 1 aromatic carbocycles. The second kappa shape index (κ2) is 11.1. The van der Waals surface area contributed by atoms with Crippen molar-refractivity contribution in [2.75, 3.05) is 31.0 Å². The lowest BCUT2D eigenvalue weighted by Gasteiger charge is -2.16. The Bertz CT molecular complexity index is 1000. The lowest BCUT2D eigenvalue weighted by atomic mass is 10.1. The Labute approximate surface area is 200 Å². The van der Waals surface area contributed by atoms with Crippen molar-refractivity contribution in [3.05, 3.63) is 34.2 Å². The fourth-order valence-corrected chi connectivity index (χ4v) is 4.24. The number of nitrogens with one attached hydrogen (secondary N) is 2. The van der Waals surface area contributed by atoms with Crippen LogP contribution in [-0.4, -0.2) is 43.8 Å². The number of carbonyl (C=O) groups is 1. The number of anilines is 2. The Morgan fingerprint density at radius 2 is 1.53 bits per heavy atom. The van der Waals surface area contributed by atoms with Crippen LogP contribution in [0.1, 0.15) is 27.7 Å². The molecule has 2 N–H and O–H groups in total. The van der Waals surface area contributed by atoms with Gasteiger partial charge in [0.2, 0.25) is 0 Å². The highest BCUT2D eigenvalue weighted by Crippen LogP contribution is 2.34. The number of ether oxygens (including phenoxy) is 3. The first-order chi connectivity index (χ1) is 15.7. The van der Waals surface area contributed by atoms with E-state index in [9.17, 15) is 31.1 Å². The number of benzene rings is 1. The van der Waals surface area contributed by atoms with Crippen molar-refractivity contribution in [1.82, 2.24) is 0 Å². The molecule has 0 saturated heterocycles. The molecule has 1 heterocycles. The van der Waals surface area contributed by atoms with E-state index in [0.717, 1.165) is 28.6 Å². The highest BCUT2D eigenvalue weighted by Gasteiger charge is 2.30. The van der Waals surface area contributed by atoms with Gasteiger partial charge in [0, 0.05) is 28.8 Å². The van der Waals surface area contributed by atoms with Gasteiger partial charge in [-0.15, -0.1) is 11.3 Å². The summed E-state index contributed by atoms with van der Waals surface area (Å²) >= 11 is 6.45. The molecule has 188 valence electrons. The van der Waals surface area contributed by atoms with Crippen LogP contribution >= 0.6 is 23.6 Å². The first-order valence-electron chi connectivity index (χ1n) is 9.55. The Morgan fingerprint density at radius 1 is 1.00 bits per heavy atom. The normalized spacial score (nSPS) is 11.7. The third kappa shape index (κ3) is 8.24. The lowest BCUT2D eigenvalue weighted by molar-refractivity contribution is -0.153. The van der Waals surface area contributed by atoms with Gasteiger partial charge in [0.1, 0.15) is 16.5 Å². The number of methoxy groups -OCH3 is 1. The average Bonchev–Trinajstić information content (AvgIpc) is 3.03. The molecule has 0 fully saturated rings. The van der Waals surface area contributed by atoms with Crippen molar-refractivity contribution in [3.8, 4) is 11.5 Å². The van der Waals surface area contributed by atoms with Crippen LogP contribution in [0.5, 0.6) is 11.5 Å². The standard InChI is InChI=1S/C20H20F6N2O4S2/c1-4-14-10(2)34-16(15(14)17(29)30-3)28-18(33)27-11-5-12(31-8-19(21,22)23)7-13(6-11)32-9-20(24,25)26/h5-7H,4,8-9H2,1-3H3,(H2,27,28,33). The Morgan fingerprint density at radius 3 is 1.97 bits per heavy atom. The van der Waals surface area contributed by atoms with E-state index < -0.39 is 43.0 Å². The minimum absolute atomic E-state index is 0.00189. The third-order valence-electron chi connectivity index (χ3n) is 4.12. The SMILES string of the molecule is CCc1c(C)sc(NC(=S)Nc2cc(OCC(F)(F)F)cc(OCC(F)(F)F)c2)c1C(=O)OC. The van der Waals surface area contributed by atoms with E-state index >= 15 is 0 Å². The van der Waals surface area contributed by atoms with Gasteiger partial charge in [-0.2, -0.15) is 26.3 Å². The summed E-state index contributed by atoms with van der Waals surface area (Å²) in [6, 6.07) is 3.11. The summed E-state index contributed by atoms with van der Waals surface area (Å²) in [4.78, 5) is 13.1. The summed E-state index contributed by atoms with van der Waals surface area (Å²) < 4.78 is 89.1. The number of thiophene rings is 1. The summed E-state index contributed by atoms with van der Waals surface area (Å²) in [6.07, 6.45) is -8.77. The second-order valence-electron chi connectivity index (χ2n) is 6.77. The van der Waals surface area contributed by atoms with Crippen LogP contribution in [0.4, 0.5) is 37.0 Å². The molecule has 1 aromatic heterocycles. The number of hydrogen-bond acceptors (Lipinski definition) is 6. The maximum atomic E-state index is 12.5. The van der Waals surface area contributed by atoms with Gasteiger partial charge in [-0.05, 0) is 31.1 Å². The van der Waals surface area contributed by atoms with Gasteiger partial charge >= 0.3 is 18.3 Å². The van der Waals surface area contributed by atoms with E-state index in [-0.39, 0.29) is 16.4 Å². The molecule has 0 spiro atoms. The Balaban J connectivity index is 2.27. The summed E-state index contributed by atoms with van der Waals surface area (Å²) in [5.41, 5.74) is 1.04. The van der Waals surface area contributed by atoms with E-state index in [1.807, 2.05) is 13.8 Å². The number of halogens is 6. The van der Waals surface area contributed by atoms with E-state index in [4.69, 9.17) is 17.0 Å². The fourth-order valence-electron chi connectivity index (χ4n) is 2.82. The molecular weight excluding hydrogens is 510 g/mol. The predicted octanol–water partition coefficient (Wildman–Crippen LogP) is 6.10. The summed E-state index contributed by atoms with van der Waals surface area (Å²) in [6.45, 7) is 0.351. The molecule has 0 unspecified atom stereocenters. The van der Waals surface area contributed by atoms with E-state index in [0.29, 0.717) is 11.4 Å². The van der Waals surface area contributed by atoms with Crippen molar-refractivity contribution in [3.63, 3.8) is 0 Å². The molecule has 0 radical (unpaired) electrons. The molecule has 2 aromatic rings. The van der Waals surface area contributed by atoms with Crippen LogP contribution in [-0.2, 0) is 11.2 Å². The topological polar surface area (TPSA) is 68.8 Å². The van der Waals surface area contributed by atoms with Gasteiger partial charge in [0.05, 0.1) is 12.7 Å². The molecule has 2 rings (SSSR count). The van der Waals surface area contributed by atoms with Gasteiger partial charge in [0.25, 0.3) is 0 Å². The molecule has 14 heteroatoms. The summed E-state index contributed by atoms with van der Waals surface area (Å²) in [7, 11) is 1.23. The maximum Gasteiger partial charge on any atom is 0.422 e. The zero-order chi connectivity index (χ0) is 25.7. The van der Waals surface area contributed by atoms with E-state index in [1.165, 1.54) is 18.4 Å². The van der Waals surface area contributed by atoms with Crippen LogP contribution in [0.25, 0.3) is 0 Å². The summed E-state index contributed by atoms with van der Waals surface area (Å²) in [5.74, 6) is -1.37. The number of rotatable bonds is 8. The van der Waals surface area contributed by atoms with Crippen molar-refractivity contribution in [1.29, 1.82) is 0 Å². The van der Waals surface area contributed by atoms with Crippen molar-refractivity contribution in [2.45, 2.75) is 32.6 Å². The van der Waals surface area contributed by atoms with Crippen molar-refractivity contribution < 1.29 is 45.3 Å². The van der Waals surface area contributed by atoms with Crippen LogP contribution in [0, 0.1) is 6.92 Å². The first kappa shape index (κ1) is 27.5. The number of alkyl halides is 6. The van der Waals surface area contributed by atoms with Crippen LogP contribution in [0.3, 0.4) is 0 Å². The summed E-state index contributed by atoms with van der Waals surface area (Å²) in [5, 5.41) is 5.76. The highest BCUT2D eigenvalue weighted by molar-refractivity contribution is 7.80. The lowest BCUT2D eigenvalue weighted by Crippen LogP contribution is -2.22. The molecule has 0 saturated carbocycles. The van der Waals surface area contributed by atoms with Crippen LogP contribution < -0.4 is 20.1 Å². The molecule has 0 atom stereocenters. The first-order valence-corrected chi connectivity index (χ1v) is 10.8. The van der Waals surface area contributed by atoms with E-state index in [1.54, 1.807) is 0 Å². The molecule has 0 bridgehead atoms. The zero-order valence-corrected chi connectivity index (χ0v) is 19.7. The quantitative estimate of drug-likeness (QED) is 0.243. The van der Waals surface area contributed by atoms with Crippen molar-refractivity contribution >= 4 is 45.3 Å². The second-order valence-corrected chi connectivity index (χ2v) is 8.40. The molecule has 6 nitrogen and oxygen atoms in total. The molecule has 34 heavy (non-hydrogen) atoms. The Hall–Kier alpha value is -2.74. The smallest absolute Gasteiger partial charge is 0.422 e. The fraction of sp³-hybridized carbons (Fsp3) is 0.400.